The normalized spacial score (nSPS) is 14.7. The van der Waals surface area contributed by atoms with Crippen molar-refractivity contribution < 1.29 is 4.79 Å². The molecule has 2 aromatic carbocycles. The molecule has 21 heavy (non-hydrogen) atoms. The molecule has 1 amide bonds. The number of hydrogen-bond acceptors (Lipinski definition) is 1. The first-order valence-corrected chi connectivity index (χ1v) is 8.11. The first-order chi connectivity index (χ1) is 10.2. The zero-order valence-electron chi connectivity index (χ0n) is 11.6. The lowest BCUT2D eigenvalue weighted by Gasteiger charge is -2.26. The molecule has 3 heteroatoms. The highest BCUT2D eigenvalue weighted by molar-refractivity contribution is 14.1. The Labute approximate surface area is 138 Å². The molecule has 0 radical (unpaired) electrons. The standard InChI is InChI=1S/C18H16INO/c19-17-8-6-16(7-9-17)18(21)20-12-10-15(11-13-20)14-4-2-1-3-5-14/h1-10H,11-13H2. The Morgan fingerprint density at radius 1 is 1.00 bits per heavy atom. The molecule has 106 valence electrons. The third kappa shape index (κ3) is 3.35. The van der Waals surface area contributed by atoms with Gasteiger partial charge in [0.2, 0.25) is 0 Å². The van der Waals surface area contributed by atoms with Crippen LogP contribution in [0, 0.1) is 3.57 Å². The second kappa shape index (κ2) is 6.43. The monoisotopic (exact) mass is 389 g/mol. The van der Waals surface area contributed by atoms with Crippen LogP contribution < -0.4 is 0 Å². The predicted molar refractivity (Wildman–Crippen MR) is 94.1 cm³/mol. The van der Waals surface area contributed by atoms with E-state index in [1.807, 2.05) is 35.2 Å². The maximum atomic E-state index is 12.4. The van der Waals surface area contributed by atoms with Crippen molar-refractivity contribution in [2.45, 2.75) is 6.42 Å². The molecule has 0 N–H and O–H groups in total. The molecule has 0 saturated carbocycles. The van der Waals surface area contributed by atoms with E-state index < -0.39 is 0 Å². The molecule has 1 aliphatic heterocycles. The summed E-state index contributed by atoms with van der Waals surface area (Å²) in [6, 6.07) is 18.1. The first-order valence-electron chi connectivity index (χ1n) is 7.03. The molecule has 0 atom stereocenters. The van der Waals surface area contributed by atoms with E-state index in [2.05, 4.69) is 52.9 Å². The number of benzene rings is 2. The van der Waals surface area contributed by atoms with Crippen molar-refractivity contribution in [1.82, 2.24) is 4.90 Å². The summed E-state index contributed by atoms with van der Waals surface area (Å²) in [6.07, 6.45) is 3.09. The molecule has 0 spiro atoms. The summed E-state index contributed by atoms with van der Waals surface area (Å²) in [5.74, 6) is 0.120. The molecular formula is C18H16INO. The second-order valence-electron chi connectivity index (χ2n) is 5.10. The highest BCUT2D eigenvalue weighted by Gasteiger charge is 2.19. The van der Waals surface area contributed by atoms with Gasteiger partial charge in [0.1, 0.15) is 0 Å². The van der Waals surface area contributed by atoms with E-state index in [1.54, 1.807) is 0 Å². The molecule has 0 fully saturated rings. The number of rotatable bonds is 2. The molecule has 2 nitrogen and oxygen atoms in total. The van der Waals surface area contributed by atoms with Gasteiger partial charge < -0.3 is 4.90 Å². The van der Waals surface area contributed by atoms with Crippen LogP contribution in [0.1, 0.15) is 22.3 Å². The molecule has 1 aliphatic rings. The number of halogens is 1. The van der Waals surface area contributed by atoms with Crippen LogP contribution in [0.2, 0.25) is 0 Å². The second-order valence-corrected chi connectivity index (χ2v) is 6.35. The number of hydrogen-bond donors (Lipinski definition) is 0. The van der Waals surface area contributed by atoms with E-state index in [9.17, 15) is 4.79 Å². The number of amides is 1. The van der Waals surface area contributed by atoms with Gasteiger partial charge in [0, 0.05) is 22.2 Å². The lowest BCUT2D eigenvalue weighted by molar-refractivity contribution is 0.0773. The Morgan fingerprint density at radius 3 is 2.33 bits per heavy atom. The average Bonchev–Trinajstić information content (AvgIpc) is 2.56. The topological polar surface area (TPSA) is 20.3 Å². The quantitative estimate of drug-likeness (QED) is 0.705. The molecule has 3 rings (SSSR count). The van der Waals surface area contributed by atoms with Gasteiger partial charge in [0.25, 0.3) is 5.91 Å². The summed E-state index contributed by atoms with van der Waals surface area (Å²) in [5, 5.41) is 0. The van der Waals surface area contributed by atoms with E-state index in [0.29, 0.717) is 6.54 Å². The van der Waals surface area contributed by atoms with Crippen molar-refractivity contribution in [3.05, 3.63) is 75.4 Å². The van der Waals surface area contributed by atoms with Gasteiger partial charge in [-0.05, 0) is 64.4 Å². The Balaban J connectivity index is 1.72. The molecular weight excluding hydrogens is 373 g/mol. The molecule has 0 aromatic heterocycles. The van der Waals surface area contributed by atoms with Crippen molar-refractivity contribution >= 4 is 34.1 Å². The van der Waals surface area contributed by atoms with Crippen LogP contribution in [-0.2, 0) is 0 Å². The van der Waals surface area contributed by atoms with Gasteiger partial charge in [0.15, 0.2) is 0 Å². The fraction of sp³-hybridized carbons (Fsp3) is 0.167. The number of nitrogens with zero attached hydrogens (tertiary/aromatic N) is 1. The van der Waals surface area contributed by atoms with Gasteiger partial charge in [-0.1, -0.05) is 36.4 Å². The summed E-state index contributed by atoms with van der Waals surface area (Å²) in [7, 11) is 0. The lowest BCUT2D eigenvalue weighted by Crippen LogP contribution is -2.34. The molecule has 1 heterocycles. The number of carbonyl (C=O) groups excluding carboxylic acids is 1. The Morgan fingerprint density at radius 2 is 1.71 bits per heavy atom. The summed E-state index contributed by atoms with van der Waals surface area (Å²) in [5.41, 5.74) is 3.37. The summed E-state index contributed by atoms with van der Waals surface area (Å²) >= 11 is 2.25. The largest absolute Gasteiger partial charge is 0.335 e. The van der Waals surface area contributed by atoms with E-state index in [-0.39, 0.29) is 5.91 Å². The van der Waals surface area contributed by atoms with Crippen LogP contribution in [0.3, 0.4) is 0 Å². The Bertz CT molecular complexity index is 661. The fourth-order valence-electron chi connectivity index (χ4n) is 2.54. The van der Waals surface area contributed by atoms with Gasteiger partial charge in [-0.15, -0.1) is 0 Å². The van der Waals surface area contributed by atoms with Crippen LogP contribution in [0.25, 0.3) is 5.57 Å². The van der Waals surface area contributed by atoms with E-state index >= 15 is 0 Å². The average molecular weight is 389 g/mol. The van der Waals surface area contributed by atoms with Crippen molar-refractivity contribution in [2.75, 3.05) is 13.1 Å². The van der Waals surface area contributed by atoms with Crippen LogP contribution >= 0.6 is 22.6 Å². The minimum absolute atomic E-state index is 0.120. The lowest BCUT2D eigenvalue weighted by atomic mass is 9.99. The highest BCUT2D eigenvalue weighted by Crippen LogP contribution is 2.23. The Kier molecular flexibility index (Phi) is 4.39. The number of carbonyl (C=O) groups is 1. The maximum absolute atomic E-state index is 12.4. The summed E-state index contributed by atoms with van der Waals surface area (Å²) in [4.78, 5) is 14.4. The SMILES string of the molecule is O=C(c1ccc(I)cc1)N1CC=C(c2ccccc2)CC1. The Hall–Kier alpha value is -1.62. The van der Waals surface area contributed by atoms with Crippen LogP contribution in [-0.4, -0.2) is 23.9 Å². The molecule has 0 aliphatic carbocycles. The van der Waals surface area contributed by atoms with Crippen LogP contribution in [0.5, 0.6) is 0 Å². The molecule has 0 saturated heterocycles. The third-order valence-corrected chi connectivity index (χ3v) is 4.45. The van der Waals surface area contributed by atoms with Gasteiger partial charge in [-0.2, -0.15) is 0 Å². The van der Waals surface area contributed by atoms with Gasteiger partial charge >= 0.3 is 0 Å². The molecule has 0 unspecified atom stereocenters. The minimum atomic E-state index is 0.120. The van der Waals surface area contributed by atoms with E-state index in [1.165, 1.54) is 11.1 Å². The summed E-state index contributed by atoms with van der Waals surface area (Å²) in [6.45, 7) is 1.47. The van der Waals surface area contributed by atoms with Gasteiger partial charge in [-0.3, -0.25) is 4.79 Å². The highest BCUT2D eigenvalue weighted by atomic mass is 127. The van der Waals surface area contributed by atoms with Crippen molar-refractivity contribution in [3.8, 4) is 0 Å². The fourth-order valence-corrected chi connectivity index (χ4v) is 2.90. The zero-order valence-corrected chi connectivity index (χ0v) is 13.8. The van der Waals surface area contributed by atoms with Crippen LogP contribution in [0.4, 0.5) is 0 Å². The van der Waals surface area contributed by atoms with Gasteiger partial charge in [0.05, 0.1) is 0 Å². The maximum Gasteiger partial charge on any atom is 0.254 e. The van der Waals surface area contributed by atoms with Gasteiger partial charge in [-0.25, -0.2) is 0 Å². The predicted octanol–water partition coefficient (Wildman–Crippen LogP) is 4.22. The zero-order chi connectivity index (χ0) is 14.7. The van der Waals surface area contributed by atoms with Crippen molar-refractivity contribution in [3.63, 3.8) is 0 Å². The smallest absolute Gasteiger partial charge is 0.254 e. The third-order valence-electron chi connectivity index (χ3n) is 3.73. The minimum Gasteiger partial charge on any atom is -0.335 e. The van der Waals surface area contributed by atoms with E-state index in [4.69, 9.17) is 0 Å². The van der Waals surface area contributed by atoms with Crippen molar-refractivity contribution in [2.24, 2.45) is 0 Å². The summed E-state index contributed by atoms with van der Waals surface area (Å²) < 4.78 is 1.15. The first kappa shape index (κ1) is 14.3. The molecule has 0 bridgehead atoms. The van der Waals surface area contributed by atoms with Crippen LogP contribution in [0.15, 0.2) is 60.7 Å². The van der Waals surface area contributed by atoms with Crippen molar-refractivity contribution in [1.29, 1.82) is 0 Å². The molecule has 2 aromatic rings. The van der Waals surface area contributed by atoms with E-state index in [0.717, 1.165) is 22.1 Å².